The van der Waals surface area contributed by atoms with Gasteiger partial charge in [-0.1, -0.05) is 17.8 Å². The van der Waals surface area contributed by atoms with Crippen LogP contribution in [0.2, 0.25) is 0 Å². The van der Waals surface area contributed by atoms with Crippen LogP contribution in [0.25, 0.3) is 0 Å². The lowest BCUT2D eigenvalue weighted by atomic mass is 10.2. The zero-order valence-corrected chi connectivity index (χ0v) is 20.4. The Bertz CT molecular complexity index is 1260. The molecule has 0 radical (unpaired) electrons. The summed E-state index contributed by atoms with van der Waals surface area (Å²) in [4.78, 5) is 46.8. The predicted octanol–water partition coefficient (Wildman–Crippen LogP) is 3.04. The lowest BCUT2D eigenvalue weighted by molar-refractivity contribution is -0.384. The van der Waals surface area contributed by atoms with Gasteiger partial charge in [0.15, 0.2) is 11.0 Å². The van der Waals surface area contributed by atoms with Crippen LogP contribution in [0.1, 0.15) is 40.4 Å². The smallest absolute Gasteiger partial charge is 0.338 e. The van der Waals surface area contributed by atoms with E-state index in [0.29, 0.717) is 28.8 Å². The Morgan fingerprint density at radius 2 is 1.83 bits per heavy atom. The van der Waals surface area contributed by atoms with Crippen LogP contribution >= 0.6 is 11.8 Å². The molecule has 3 aromatic rings. The molecule has 0 saturated heterocycles. The molecule has 12 nitrogen and oxygen atoms in total. The molecule has 2 amide bonds. The predicted molar refractivity (Wildman–Crippen MR) is 132 cm³/mol. The van der Waals surface area contributed by atoms with Crippen LogP contribution in [-0.4, -0.2) is 49.8 Å². The van der Waals surface area contributed by atoms with Crippen LogP contribution in [-0.2, 0) is 22.6 Å². The van der Waals surface area contributed by atoms with Gasteiger partial charge in [0.25, 0.3) is 11.6 Å². The van der Waals surface area contributed by atoms with E-state index in [-0.39, 0.29) is 36.1 Å². The maximum atomic E-state index is 12.4. The zero-order valence-electron chi connectivity index (χ0n) is 19.6. The van der Waals surface area contributed by atoms with Crippen molar-refractivity contribution in [1.29, 1.82) is 0 Å². The first-order valence-electron chi connectivity index (χ1n) is 11.0. The Morgan fingerprint density at radius 1 is 1.08 bits per heavy atom. The number of nitro groups is 1. The topological polar surface area (TPSA) is 158 Å². The molecule has 0 aliphatic carbocycles. The molecule has 0 saturated carbocycles. The summed E-state index contributed by atoms with van der Waals surface area (Å²) >= 11 is 1.19. The first-order chi connectivity index (χ1) is 17.3. The van der Waals surface area contributed by atoms with Crippen LogP contribution in [0.5, 0.6) is 0 Å². The molecule has 36 heavy (non-hydrogen) atoms. The van der Waals surface area contributed by atoms with E-state index in [2.05, 4.69) is 20.8 Å². The van der Waals surface area contributed by atoms with Gasteiger partial charge >= 0.3 is 5.97 Å². The lowest BCUT2D eigenvalue weighted by Crippen LogP contribution is -2.25. The Balaban J connectivity index is 1.54. The van der Waals surface area contributed by atoms with Crippen LogP contribution in [0.3, 0.4) is 0 Å². The van der Waals surface area contributed by atoms with Crippen LogP contribution in [0.15, 0.2) is 53.7 Å². The molecule has 2 aromatic carbocycles. The Labute approximate surface area is 210 Å². The number of esters is 1. The van der Waals surface area contributed by atoms with Crippen LogP contribution in [0.4, 0.5) is 11.4 Å². The number of hydrogen-bond donors (Lipinski definition) is 2. The first-order valence-corrected chi connectivity index (χ1v) is 12.0. The molecule has 0 spiro atoms. The summed E-state index contributed by atoms with van der Waals surface area (Å²) in [7, 11) is 0. The summed E-state index contributed by atoms with van der Waals surface area (Å²) in [5, 5.41) is 25.1. The first kappa shape index (κ1) is 26.3. The van der Waals surface area contributed by atoms with E-state index in [1.54, 1.807) is 35.8 Å². The summed E-state index contributed by atoms with van der Waals surface area (Å²) < 4.78 is 6.70. The fraction of sp³-hybridized carbons (Fsp3) is 0.261. The molecule has 0 aliphatic heterocycles. The quantitative estimate of drug-likeness (QED) is 0.170. The second-order valence-corrected chi connectivity index (χ2v) is 8.21. The number of amides is 2. The number of benzene rings is 2. The number of nitro benzene ring substituents is 1. The van der Waals surface area contributed by atoms with Gasteiger partial charge < -0.3 is 19.9 Å². The number of rotatable bonds is 11. The van der Waals surface area contributed by atoms with Gasteiger partial charge in [0, 0.05) is 29.9 Å². The fourth-order valence-electron chi connectivity index (χ4n) is 3.13. The number of anilines is 1. The fourth-order valence-corrected chi connectivity index (χ4v) is 3.95. The van der Waals surface area contributed by atoms with Crippen molar-refractivity contribution >= 4 is 40.9 Å². The molecule has 0 bridgehead atoms. The van der Waals surface area contributed by atoms with Crippen molar-refractivity contribution in [3.8, 4) is 0 Å². The molecule has 0 atom stereocenters. The van der Waals surface area contributed by atoms with Crippen molar-refractivity contribution in [2.24, 2.45) is 0 Å². The number of carbonyl (C=O) groups is 3. The average Bonchev–Trinajstić information content (AvgIpc) is 3.28. The van der Waals surface area contributed by atoms with Crippen LogP contribution < -0.4 is 10.6 Å². The highest BCUT2D eigenvalue weighted by atomic mass is 32.2. The third-order valence-electron chi connectivity index (χ3n) is 4.85. The zero-order chi connectivity index (χ0) is 26.1. The minimum atomic E-state index is -0.567. The normalized spacial score (nSPS) is 10.5. The third kappa shape index (κ3) is 6.88. The van der Waals surface area contributed by atoms with Gasteiger partial charge in [0.1, 0.15) is 0 Å². The molecule has 13 heteroatoms. The molecule has 1 heterocycles. The monoisotopic (exact) mass is 512 g/mol. The SMILES string of the molecule is CCOC(=O)c1ccc(NC(=O)CSc2nnc(CNC(=O)c3cccc([N+](=O)[O-])c3)n2CC)cc1. The van der Waals surface area contributed by atoms with E-state index in [0.717, 1.165) is 0 Å². The van der Waals surface area contributed by atoms with Gasteiger partial charge in [-0.2, -0.15) is 0 Å². The average molecular weight is 513 g/mol. The summed E-state index contributed by atoms with van der Waals surface area (Å²) in [6.45, 7) is 4.45. The van der Waals surface area contributed by atoms with Gasteiger partial charge in [-0.3, -0.25) is 19.7 Å². The number of aromatic nitrogens is 3. The molecule has 188 valence electrons. The number of non-ortho nitro benzene ring substituents is 1. The van der Waals surface area contributed by atoms with E-state index in [4.69, 9.17) is 4.74 Å². The molecular weight excluding hydrogens is 488 g/mol. The number of hydrogen-bond acceptors (Lipinski definition) is 9. The van der Waals surface area contributed by atoms with E-state index in [1.807, 2.05) is 6.92 Å². The maximum absolute atomic E-state index is 12.4. The largest absolute Gasteiger partial charge is 0.462 e. The second-order valence-electron chi connectivity index (χ2n) is 7.27. The highest BCUT2D eigenvalue weighted by Gasteiger charge is 2.16. The minimum absolute atomic E-state index is 0.0575. The Kier molecular flexibility index (Phi) is 9.11. The number of nitrogens with one attached hydrogen (secondary N) is 2. The van der Waals surface area contributed by atoms with Crippen molar-refractivity contribution in [2.45, 2.75) is 32.1 Å². The van der Waals surface area contributed by atoms with Crippen molar-refractivity contribution in [2.75, 3.05) is 17.7 Å². The van der Waals surface area contributed by atoms with Gasteiger partial charge in [-0.15, -0.1) is 10.2 Å². The third-order valence-corrected chi connectivity index (χ3v) is 5.81. The van der Waals surface area contributed by atoms with E-state index in [1.165, 1.54) is 36.0 Å². The Hall–Kier alpha value is -4.26. The van der Waals surface area contributed by atoms with E-state index in [9.17, 15) is 24.5 Å². The molecule has 0 aliphatic rings. The Morgan fingerprint density at radius 3 is 2.50 bits per heavy atom. The van der Waals surface area contributed by atoms with Crippen molar-refractivity contribution in [3.05, 3.63) is 75.6 Å². The van der Waals surface area contributed by atoms with E-state index >= 15 is 0 Å². The lowest BCUT2D eigenvalue weighted by Gasteiger charge is -2.09. The van der Waals surface area contributed by atoms with Crippen LogP contribution in [0, 0.1) is 10.1 Å². The molecule has 0 fully saturated rings. The molecular formula is C23H24N6O6S. The minimum Gasteiger partial charge on any atom is -0.462 e. The summed E-state index contributed by atoms with van der Waals surface area (Å²) in [5.41, 5.74) is 0.917. The number of carbonyl (C=O) groups excluding carboxylic acids is 3. The molecule has 2 N–H and O–H groups in total. The van der Waals surface area contributed by atoms with Gasteiger partial charge in [0.05, 0.1) is 29.4 Å². The highest BCUT2D eigenvalue weighted by molar-refractivity contribution is 7.99. The number of thioether (sulfide) groups is 1. The summed E-state index contributed by atoms with van der Waals surface area (Å²) in [5.74, 6) is -0.629. The maximum Gasteiger partial charge on any atom is 0.338 e. The van der Waals surface area contributed by atoms with Gasteiger partial charge in [-0.25, -0.2) is 4.79 Å². The second kappa shape index (κ2) is 12.4. The van der Waals surface area contributed by atoms with Crippen molar-refractivity contribution in [1.82, 2.24) is 20.1 Å². The van der Waals surface area contributed by atoms with Crippen molar-refractivity contribution < 1.29 is 24.0 Å². The number of nitrogens with zero attached hydrogens (tertiary/aromatic N) is 4. The standard InChI is InChI=1S/C23H24N6O6S/c1-3-28-19(13-24-21(31)16-6-5-7-18(12-16)29(33)34)26-27-23(28)36-14-20(30)25-17-10-8-15(9-11-17)22(32)35-4-2/h5-12H,3-4,13-14H2,1-2H3,(H,24,31)(H,25,30). The molecule has 1 aromatic heterocycles. The summed E-state index contributed by atoms with van der Waals surface area (Å²) in [6.07, 6.45) is 0. The van der Waals surface area contributed by atoms with E-state index < -0.39 is 16.8 Å². The highest BCUT2D eigenvalue weighted by Crippen LogP contribution is 2.19. The number of ether oxygens (including phenoxy) is 1. The molecule has 0 unspecified atom stereocenters. The molecule has 3 rings (SSSR count). The van der Waals surface area contributed by atoms with Gasteiger partial charge in [-0.05, 0) is 44.2 Å². The van der Waals surface area contributed by atoms with Gasteiger partial charge in [0.2, 0.25) is 5.91 Å². The van der Waals surface area contributed by atoms with Crippen molar-refractivity contribution in [3.63, 3.8) is 0 Å². The summed E-state index contributed by atoms with van der Waals surface area (Å²) in [6, 6.07) is 11.8.